The number of hydrogen-bond donors (Lipinski definition) is 1. The molecule has 1 N–H and O–H groups in total. The van der Waals surface area contributed by atoms with Gasteiger partial charge >= 0.3 is 0 Å². The van der Waals surface area contributed by atoms with Crippen molar-refractivity contribution in [3.63, 3.8) is 0 Å². The SMILES string of the molecule is CCCNC(=O)[C@H](C)N(Cc1cccc(Br)c1)C(=O)CN(c1ccc(Br)c(C)c1)S(C)(=O)=O. The van der Waals surface area contributed by atoms with Crippen molar-refractivity contribution in [2.75, 3.05) is 23.7 Å². The molecular weight excluding hydrogens is 574 g/mol. The van der Waals surface area contributed by atoms with Gasteiger partial charge in [0.15, 0.2) is 0 Å². The molecule has 2 rings (SSSR count). The van der Waals surface area contributed by atoms with Crippen LogP contribution in [0, 0.1) is 6.92 Å². The molecular formula is C23H29Br2N3O4S. The number of nitrogens with zero attached hydrogens (tertiary/aromatic N) is 2. The average molecular weight is 603 g/mol. The molecule has 0 spiro atoms. The molecule has 0 aliphatic rings. The van der Waals surface area contributed by atoms with Crippen LogP contribution in [0.15, 0.2) is 51.4 Å². The minimum Gasteiger partial charge on any atom is -0.354 e. The van der Waals surface area contributed by atoms with E-state index in [1.165, 1.54) is 4.90 Å². The van der Waals surface area contributed by atoms with E-state index in [1.807, 2.05) is 38.1 Å². The van der Waals surface area contributed by atoms with Gasteiger partial charge in [-0.25, -0.2) is 8.42 Å². The van der Waals surface area contributed by atoms with Gasteiger partial charge in [0.25, 0.3) is 0 Å². The minimum absolute atomic E-state index is 0.163. The summed E-state index contributed by atoms with van der Waals surface area (Å²) >= 11 is 6.83. The third-order valence-corrected chi connectivity index (χ3v) is 7.59. The lowest BCUT2D eigenvalue weighted by atomic mass is 10.1. The van der Waals surface area contributed by atoms with Crippen molar-refractivity contribution in [1.29, 1.82) is 0 Å². The van der Waals surface area contributed by atoms with E-state index >= 15 is 0 Å². The summed E-state index contributed by atoms with van der Waals surface area (Å²) < 4.78 is 27.9. The monoisotopic (exact) mass is 601 g/mol. The van der Waals surface area contributed by atoms with E-state index in [-0.39, 0.29) is 12.5 Å². The number of carbonyl (C=O) groups excluding carboxylic acids is 2. The normalized spacial score (nSPS) is 12.2. The number of amides is 2. The van der Waals surface area contributed by atoms with Gasteiger partial charge in [0, 0.05) is 22.0 Å². The second kappa shape index (κ2) is 12.0. The van der Waals surface area contributed by atoms with Crippen molar-refractivity contribution >= 4 is 59.4 Å². The predicted octanol–water partition coefficient (Wildman–Crippen LogP) is 4.23. The van der Waals surface area contributed by atoms with Crippen LogP contribution in [0.4, 0.5) is 5.69 Å². The molecule has 0 unspecified atom stereocenters. The van der Waals surface area contributed by atoms with E-state index in [2.05, 4.69) is 37.2 Å². The molecule has 2 aromatic rings. The number of rotatable bonds is 10. The number of aryl methyl sites for hydroxylation is 1. The smallest absolute Gasteiger partial charge is 0.244 e. The summed E-state index contributed by atoms with van der Waals surface area (Å²) in [7, 11) is -3.75. The van der Waals surface area contributed by atoms with Crippen molar-refractivity contribution in [2.45, 2.75) is 39.8 Å². The van der Waals surface area contributed by atoms with Crippen LogP contribution in [0.5, 0.6) is 0 Å². The first-order valence-corrected chi connectivity index (χ1v) is 13.9. The Labute approximate surface area is 212 Å². The maximum Gasteiger partial charge on any atom is 0.244 e. The van der Waals surface area contributed by atoms with Crippen molar-refractivity contribution in [2.24, 2.45) is 0 Å². The molecule has 0 radical (unpaired) electrons. The minimum atomic E-state index is -3.75. The molecule has 0 aliphatic heterocycles. The first-order valence-electron chi connectivity index (χ1n) is 10.5. The van der Waals surface area contributed by atoms with Gasteiger partial charge < -0.3 is 10.2 Å². The number of hydrogen-bond acceptors (Lipinski definition) is 4. The summed E-state index contributed by atoms with van der Waals surface area (Å²) in [6, 6.07) is 11.7. The quantitative estimate of drug-likeness (QED) is 0.441. The van der Waals surface area contributed by atoms with E-state index in [1.54, 1.807) is 25.1 Å². The highest BCUT2D eigenvalue weighted by Gasteiger charge is 2.30. The van der Waals surface area contributed by atoms with E-state index in [4.69, 9.17) is 0 Å². The lowest BCUT2D eigenvalue weighted by molar-refractivity contribution is -0.139. The second-order valence-electron chi connectivity index (χ2n) is 7.82. The number of carbonyl (C=O) groups is 2. The van der Waals surface area contributed by atoms with Crippen LogP contribution >= 0.6 is 31.9 Å². The molecule has 2 amide bonds. The molecule has 0 heterocycles. The topological polar surface area (TPSA) is 86.8 Å². The fourth-order valence-electron chi connectivity index (χ4n) is 3.21. The molecule has 10 heteroatoms. The Balaban J connectivity index is 2.39. The van der Waals surface area contributed by atoms with Gasteiger partial charge in [-0.3, -0.25) is 13.9 Å². The zero-order chi connectivity index (χ0) is 24.8. The number of halogens is 2. The Morgan fingerprint density at radius 3 is 2.39 bits per heavy atom. The number of benzene rings is 2. The Kier molecular flexibility index (Phi) is 9.93. The first-order chi connectivity index (χ1) is 15.4. The van der Waals surface area contributed by atoms with E-state index in [0.29, 0.717) is 12.2 Å². The lowest BCUT2D eigenvalue weighted by Gasteiger charge is -2.31. The standard InChI is InChI=1S/C23H29Br2N3O4S/c1-5-11-26-23(30)17(3)27(14-18-7-6-8-19(24)13-18)22(29)15-28(33(4,31)32)20-9-10-21(25)16(2)12-20/h6-10,12-13,17H,5,11,14-15H2,1-4H3,(H,26,30)/t17-/m0/s1. The Bertz CT molecular complexity index is 1110. The highest BCUT2D eigenvalue weighted by molar-refractivity contribution is 9.10. The van der Waals surface area contributed by atoms with E-state index in [0.717, 1.165) is 37.1 Å². The van der Waals surface area contributed by atoms with Gasteiger partial charge in [0.2, 0.25) is 21.8 Å². The molecule has 1 atom stereocenters. The third kappa shape index (κ3) is 7.82. The molecule has 0 aromatic heterocycles. The molecule has 2 aromatic carbocycles. The maximum atomic E-state index is 13.5. The van der Waals surface area contributed by atoms with E-state index < -0.39 is 28.5 Å². The molecule has 0 fully saturated rings. The molecule has 0 aliphatic carbocycles. The molecule has 33 heavy (non-hydrogen) atoms. The van der Waals surface area contributed by atoms with E-state index in [9.17, 15) is 18.0 Å². The fourth-order valence-corrected chi connectivity index (χ4v) is 4.74. The second-order valence-corrected chi connectivity index (χ2v) is 11.5. The van der Waals surface area contributed by atoms with Crippen LogP contribution in [-0.4, -0.2) is 50.5 Å². The molecule has 0 saturated carbocycles. The number of nitrogens with one attached hydrogen (secondary N) is 1. The largest absolute Gasteiger partial charge is 0.354 e. The molecule has 0 bridgehead atoms. The highest BCUT2D eigenvalue weighted by atomic mass is 79.9. The van der Waals surface area contributed by atoms with Crippen LogP contribution in [0.1, 0.15) is 31.4 Å². The van der Waals surface area contributed by atoms with Crippen LogP contribution in [0.3, 0.4) is 0 Å². The van der Waals surface area contributed by atoms with Crippen LogP contribution in [0.2, 0.25) is 0 Å². The summed E-state index contributed by atoms with van der Waals surface area (Å²) in [6.07, 6.45) is 1.83. The summed E-state index contributed by atoms with van der Waals surface area (Å²) in [5, 5.41) is 2.81. The van der Waals surface area contributed by atoms with Crippen LogP contribution in [0.25, 0.3) is 0 Å². The van der Waals surface area contributed by atoms with Gasteiger partial charge in [-0.2, -0.15) is 0 Å². The highest BCUT2D eigenvalue weighted by Crippen LogP contribution is 2.25. The maximum absolute atomic E-state index is 13.5. The molecule has 180 valence electrons. The number of sulfonamides is 1. The molecule has 0 saturated heterocycles. The summed E-state index contributed by atoms with van der Waals surface area (Å²) in [4.78, 5) is 27.6. The summed E-state index contributed by atoms with van der Waals surface area (Å²) in [6.45, 7) is 5.68. The van der Waals surface area contributed by atoms with Gasteiger partial charge in [0.1, 0.15) is 12.6 Å². The first kappa shape index (κ1) is 27.3. The Morgan fingerprint density at radius 2 is 1.82 bits per heavy atom. The third-order valence-electron chi connectivity index (χ3n) is 5.07. The van der Waals surface area contributed by atoms with Gasteiger partial charge in [0.05, 0.1) is 11.9 Å². The Morgan fingerprint density at radius 1 is 1.12 bits per heavy atom. The van der Waals surface area contributed by atoms with Crippen LogP contribution < -0.4 is 9.62 Å². The summed E-state index contributed by atoms with van der Waals surface area (Å²) in [5.74, 6) is -0.759. The number of anilines is 1. The van der Waals surface area contributed by atoms with Gasteiger partial charge in [-0.1, -0.05) is 50.9 Å². The van der Waals surface area contributed by atoms with Gasteiger partial charge in [-0.15, -0.1) is 0 Å². The predicted molar refractivity (Wildman–Crippen MR) is 139 cm³/mol. The van der Waals surface area contributed by atoms with Gasteiger partial charge in [-0.05, 0) is 61.7 Å². The lowest BCUT2D eigenvalue weighted by Crippen LogP contribution is -2.51. The fraction of sp³-hybridized carbons (Fsp3) is 0.391. The zero-order valence-electron chi connectivity index (χ0n) is 19.1. The molecule has 7 nitrogen and oxygen atoms in total. The van der Waals surface area contributed by atoms with Crippen LogP contribution in [-0.2, 0) is 26.2 Å². The average Bonchev–Trinajstić information content (AvgIpc) is 2.74. The Hall–Kier alpha value is -1.91. The van der Waals surface area contributed by atoms with Crippen molar-refractivity contribution in [3.8, 4) is 0 Å². The zero-order valence-corrected chi connectivity index (χ0v) is 23.1. The van der Waals surface area contributed by atoms with Crippen molar-refractivity contribution < 1.29 is 18.0 Å². The van der Waals surface area contributed by atoms with Crippen molar-refractivity contribution in [1.82, 2.24) is 10.2 Å². The summed E-state index contributed by atoms with van der Waals surface area (Å²) in [5.41, 5.74) is 2.04. The van der Waals surface area contributed by atoms with Crippen molar-refractivity contribution in [3.05, 3.63) is 62.5 Å².